The fourth-order valence-corrected chi connectivity index (χ4v) is 2.86. The van der Waals surface area contributed by atoms with Gasteiger partial charge >= 0.3 is 0 Å². The van der Waals surface area contributed by atoms with Crippen molar-refractivity contribution in [2.75, 3.05) is 6.54 Å². The minimum atomic E-state index is 0.846. The average Bonchev–Trinajstić information content (AvgIpc) is 3.07. The van der Waals surface area contributed by atoms with Crippen LogP contribution in [-0.4, -0.2) is 6.54 Å². The van der Waals surface area contributed by atoms with Gasteiger partial charge in [0, 0.05) is 12.2 Å². The maximum absolute atomic E-state index is 3.55. The zero-order valence-electron chi connectivity index (χ0n) is 13.1. The number of allylic oxidation sites excluding steroid dienone is 2. The van der Waals surface area contributed by atoms with Gasteiger partial charge in [0.2, 0.25) is 0 Å². The third kappa shape index (κ3) is 5.46. The highest BCUT2D eigenvalue weighted by Gasteiger charge is 2.34. The molecule has 0 saturated heterocycles. The summed E-state index contributed by atoms with van der Waals surface area (Å²) in [5.74, 6) is 3.87. The molecule has 4 unspecified atom stereocenters. The lowest BCUT2D eigenvalue weighted by molar-refractivity contribution is 0.317. The Morgan fingerprint density at radius 2 is 1.89 bits per heavy atom. The van der Waals surface area contributed by atoms with Crippen LogP contribution in [0.25, 0.3) is 0 Å². The first-order chi connectivity index (χ1) is 8.60. The van der Waals surface area contributed by atoms with Crippen molar-refractivity contribution in [3.05, 3.63) is 11.8 Å². The summed E-state index contributed by atoms with van der Waals surface area (Å²) in [5, 5.41) is 3.55. The lowest BCUT2D eigenvalue weighted by Crippen LogP contribution is -2.23. The summed E-state index contributed by atoms with van der Waals surface area (Å²) in [4.78, 5) is 0. The second-order valence-corrected chi connectivity index (χ2v) is 6.35. The highest BCUT2D eigenvalue weighted by atomic mass is 14.9. The van der Waals surface area contributed by atoms with Gasteiger partial charge in [-0.25, -0.2) is 0 Å². The summed E-state index contributed by atoms with van der Waals surface area (Å²) in [7, 11) is 0. The van der Waals surface area contributed by atoms with E-state index < -0.39 is 0 Å². The monoisotopic (exact) mass is 251 g/mol. The summed E-state index contributed by atoms with van der Waals surface area (Å²) in [6, 6.07) is 0. The maximum Gasteiger partial charge on any atom is 0.0172 e. The molecule has 0 aromatic heterocycles. The number of nitrogens with one attached hydrogen (secondary N) is 1. The van der Waals surface area contributed by atoms with Gasteiger partial charge in [0.15, 0.2) is 0 Å². The molecule has 0 aromatic carbocycles. The minimum Gasteiger partial charge on any atom is -0.389 e. The Kier molecular flexibility index (Phi) is 6.81. The molecule has 1 fully saturated rings. The van der Waals surface area contributed by atoms with Crippen molar-refractivity contribution in [3.8, 4) is 0 Å². The smallest absolute Gasteiger partial charge is 0.0172 e. The van der Waals surface area contributed by atoms with Gasteiger partial charge < -0.3 is 5.32 Å². The Labute approximate surface area is 114 Å². The topological polar surface area (TPSA) is 12.0 Å². The molecule has 1 nitrogen and oxygen atoms in total. The first-order valence-corrected chi connectivity index (χ1v) is 7.97. The van der Waals surface area contributed by atoms with Crippen LogP contribution in [0, 0.1) is 23.7 Å². The first kappa shape index (κ1) is 15.6. The van der Waals surface area contributed by atoms with Crippen LogP contribution >= 0.6 is 0 Å². The molecule has 1 heteroatoms. The van der Waals surface area contributed by atoms with Crippen LogP contribution in [0.4, 0.5) is 0 Å². The van der Waals surface area contributed by atoms with E-state index in [2.05, 4.69) is 46.0 Å². The molecule has 0 amide bonds. The van der Waals surface area contributed by atoms with Crippen LogP contribution in [0.1, 0.15) is 66.7 Å². The van der Waals surface area contributed by atoms with Crippen molar-refractivity contribution in [3.63, 3.8) is 0 Å². The lowest BCUT2D eigenvalue weighted by atomic mass is 9.87. The Hall–Kier alpha value is -0.460. The summed E-state index contributed by atoms with van der Waals surface area (Å²) < 4.78 is 0. The Bertz CT molecular complexity index is 256. The minimum absolute atomic E-state index is 0.846. The Morgan fingerprint density at radius 3 is 2.33 bits per heavy atom. The molecular formula is C17H33N. The Morgan fingerprint density at radius 1 is 1.28 bits per heavy atom. The van der Waals surface area contributed by atoms with E-state index in [0.717, 1.165) is 30.2 Å². The molecule has 0 heterocycles. The van der Waals surface area contributed by atoms with Crippen LogP contribution in [-0.2, 0) is 0 Å². The molecule has 1 aliphatic carbocycles. The molecule has 1 saturated carbocycles. The van der Waals surface area contributed by atoms with E-state index >= 15 is 0 Å². The van der Waals surface area contributed by atoms with E-state index in [9.17, 15) is 0 Å². The zero-order chi connectivity index (χ0) is 13.5. The number of hydrogen-bond acceptors (Lipinski definition) is 1. The van der Waals surface area contributed by atoms with E-state index in [1.807, 2.05) is 0 Å². The van der Waals surface area contributed by atoms with Gasteiger partial charge in [0.25, 0.3) is 0 Å². The fraction of sp³-hybridized carbons (Fsp3) is 0.882. The summed E-state index contributed by atoms with van der Waals surface area (Å²) in [6.45, 7) is 12.5. The van der Waals surface area contributed by atoms with Crippen molar-refractivity contribution in [1.29, 1.82) is 0 Å². The third-order valence-electron chi connectivity index (χ3n) is 4.84. The highest BCUT2D eigenvalue weighted by Crippen LogP contribution is 2.44. The van der Waals surface area contributed by atoms with Crippen LogP contribution in [0.15, 0.2) is 11.8 Å². The molecule has 4 atom stereocenters. The molecule has 18 heavy (non-hydrogen) atoms. The lowest BCUT2D eigenvalue weighted by Gasteiger charge is -2.23. The van der Waals surface area contributed by atoms with Crippen molar-refractivity contribution in [2.24, 2.45) is 23.7 Å². The van der Waals surface area contributed by atoms with Crippen LogP contribution in [0.3, 0.4) is 0 Å². The first-order valence-electron chi connectivity index (χ1n) is 7.97. The molecule has 1 rings (SSSR count). The standard InChI is InChI=1S/C17H33N/c1-6-14(5)18-12-16(8-3)10-15(7-2)11-17-9-13(17)4/h6,13,15-18H,7-12H2,1-5H3/b14-6+. The van der Waals surface area contributed by atoms with E-state index in [0.29, 0.717) is 0 Å². The van der Waals surface area contributed by atoms with Crippen LogP contribution in [0.2, 0.25) is 0 Å². The molecule has 1 N–H and O–H groups in total. The second kappa shape index (κ2) is 7.86. The van der Waals surface area contributed by atoms with Gasteiger partial charge in [-0.05, 0) is 56.8 Å². The van der Waals surface area contributed by atoms with E-state index in [-0.39, 0.29) is 0 Å². The van der Waals surface area contributed by atoms with Crippen molar-refractivity contribution in [1.82, 2.24) is 5.32 Å². The quantitative estimate of drug-likeness (QED) is 0.609. The number of rotatable bonds is 9. The number of hydrogen-bond donors (Lipinski definition) is 1. The molecule has 1 aliphatic rings. The maximum atomic E-state index is 3.55. The Balaban J connectivity index is 2.30. The normalized spacial score (nSPS) is 26.8. The van der Waals surface area contributed by atoms with E-state index in [4.69, 9.17) is 0 Å². The van der Waals surface area contributed by atoms with Crippen molar-refractivity contribution in [2.45, 2.75) is 66.7 Å². The molecular weight excluding hydrogens is 218 g/mol. The molecule has 106 valence electrons. The van der Waals surface area contributed by atoms with Gasteiger partial charge in [0.1, 0.15) is 0 Å². The van der Waals surface area contributed by atoms with Gasteiger partial charge in [-0.15, -0.1) is 0 Å². The summed E-state index contributed by atoms with van der Waals surface area (Å²) in [5.41, 5.74) is 1.32. The van der Waals surface area contributed by atoms with Crippen LogP contribution < -0.4 is 5.32 Å². The van der Waals surface area contributed by atoms with Gasteiger partial charge in [0.05, 0.1) is 0 Å². The average molecular weight is 251 g/mol. The van der Waals surface area contributed by atoms with Crippen molar-refractivity contribution < 1.29 is 0 Å². The molecule has 0 radical (unpaired) electrons. The molecule has 0 bridgehead atoms. The molecule has 0 spiro atoms. The van der Waals surface area contributed by atoms with E-state index in [1.54, 1.807) is 0 Å². The molecule has 0 aromatic rings. The highest BCUT2D eigenvalue weighted by molar-refractivity contribution is 4.93. The van der Waals surface area contributed by atoms with Gasteiger partial charge in [-0.1, -0.05) is 39.7 Å². The zero-order valence-corrected chi connectivity index (χ0v) is 13.1. The summed E-state index contributed by atoms with van der Waals surface area (Å²) in [6.07, 6.45) is 9.22. The predicted octanol–water partition coefficient (Wildman–Crippen LogP) is 4.99. The van der Waals surface area contributed by atoms with Gasteiger partial charge in [-0.2, -0.15) is 0 Å². The molecule has 0 aliphatic heterocycles. The fourth-order valence-electron chi connectivity index (χ4n) is 2.86. The van der Waals surface area contributed by atoms with Crippen molar-refractivity contribution >= 4 is 0 Å². The largest absolute Gasteiger partial charge is 0.389 e. The van der Waals surface area contributed by atoms with E-state index in [1.165, 1.54) is 37.8 Å². The van der Waals surface area contributed by atoms with Gasteiger partial charge in [-0.3, -0.25) is 0 Å². The SMILES string of the molecule is C/C=C(\C)NCC(CC)CC(CC)CC1CC1C. The third-order valence-corrected chi connectivity index (χ3v) is 4.84. The van der Waals surface area contributed by atoms with Crippen LogP contribution in [0.5, 0.6) is 0 Å². The summed E-state index contributed by atoms with van der Waals surface area (Å²) >= 11 is 0. The predicted molar refractivity (Wildman–Crippen MR) is 81.5 cm³/mol. The second-order valence-electron chi connectivity index (χ2n) is 6.35.